The van der Waals surface area contributed by atoms with Crippen molar-refractivity contribution in [2.75, 3.05) is 33.0 Å². The van der Waals surface area contributed by atoms with Crippen LogP contribution in [0.1, 0.15) is 6.92 Å². The van der Waals surface area contributed by atoms with E-state index in [9.17, 15) is 4.79 Å². The highest BCUT2D eigenvalue weighted by Crippen LogP contribution is 2.19. The first-order valence-electron chi connectivity index (χ1n) is 6.19. The van der Waals surface area contributed by atoms with Crippen molar-refractivity contribution in [3.8, 4) is 0 Å². The summed E-state index contributed by atoms with van der Waals surface area (Å²) in [4.78, 5) is 11.6. The lowest BCUT2D eigenvalue weighted by Gasteiger charge is -2.24. The van der Waals surface area contributed by atoms with Crippen LogP contribution in [0.3, 0.4) is 0 Å². The van der Waals surface area contributed by atoms with Crippen molar-refractivity contribution in [3.63, 3.8) is 0 Å². The zero-order valence-corrected chi connectivity index (χ0v) is 10.5. The molecule has 2 unspecified atom stereocenters. The number of fused-ring (bicyclic) bond motifs is 1. The van der Waals surface area contributed by atoms with E-state index in [0.717, 1.165) is 0 Å². The minimum atomic E-state index is -0.327. The number of rotatable bonds is 2. The molecule has 0 radical (unpaired) electrons. The normalized spacial score (nSPS) is 28.4. The predicted molar refractivity (Wildman–Crippen MR) is 64.2 cm³/mol. The highest BCUT2D eigenvalue weighted by molar-refractivity contribution is 5.92. The average Bonchev–Trinajstić information content (AvgIpc) is 2.49. The van der Waals surface area contributed by atoms with E-state index >= 15 is 0 Å². The summed E-state index contributed by atoms with van der Waals surface area (Å²) in [7, 11) is 0. The predicted octanol–water partition coefficient (Wildman–Crippen LogP) is 0.846. The van der Waals surface area contributed by atoms with Gasteiger partial charge in [0.1, 0.15) is 12.2 Å². The van der Waals surface area contributed by atoms with Crippen molar-refractivity contribution < 1.29 is 23.7 Å². The average molecular weight is 254 g/mol. The van der Waals surface area contributed by atoms with E-state index < -0.39 is 0 Å². The Bertz CT molecular complexity index is 347. The molecule has 0 saturated carbocycles. The molecule has 1 heterocycles. The van der Waals surface area contributed by atoms with Crippen LogP contribution in [0.2, 0.25) is 0 Å². The quantitative estimate of drug-likeness (QED) is 0.684. The first-order chi connectivity index (χ1) is 8.81. The Kier molecular flexibility index (Phi) is 4.92. The van der Waals surface area contributed by atoms with Crippen LogP contribution in [-0.4, -0.2) is 51.2 Å². The molecule has 5 heteroatoms. The third-order valence-corrected chi connectivity index (χ3v) is 2.72. The van der Waals surface area contributed by atoms with Gasteiger partial charge in [-0.05, 0) is 19.1 Å². The maximum atomic E-state index is 11.6. The first-order valence-corrected chi connectivity index (χ1v) is 6.19. The zero-order chi connectivity index (χ0) is 12.8. The molecular weight excluding hydrogens is 236 g/mol. The first kappa shape index (κ1) is 13.3. The Hall–Kier alpha value is -1.17. The fourth-order valence-corrected chi connectivity index (χ4v) is 1.87. The molecule has 2 rings (SSSR count). The maximum Gasteiger partial charge on any atom is 0.337 e. The number of carbonyl (C=O) groups excluding carboxylic acids is 1. The van der Waals surface area contributed by atoms with Gasteiger partial charge in [-0.2, -0.15) is 0 Å². The van der Waals surface area contributed by atoms with Crippen molar-refractivity contribution >= 4 is 5.97 Å². The molecule has 0 N–H and O–H groups in total. The molecule has 2 aliphatic rings. The van der Waals surface area contributed by atoms with Crippen LogP contribution >= 0.6 is 0 Å². The lowest BCUT2D eigenvalue weighted by Crippen LogP contribution is -2.32. The largest absolute Gasteiger partial charge is 0.462 e. The Morgan fingerprint density at radius 2 is 2.00 bits per heavy atom. The highest BCUT2D eigenvalue weighted by Gasteiger charge is 2.25. The molecule has 1 fully saturated rings. The summed E-state index contributed by atoms with van der Waals surface area (Å²) >= 11 is 0. The van der Waals surface area contributed by atoms with Gasteiger partial charge in [0, 0.05) is 0 Å². The Morgan fingerprint density at radius 3 is 2.72 bits per heavy atom. The van der Waals surface area contributed by atoms with Gasteiger partial charge in [0.05, 0.1) is 38.6 Å². The summed E-state index contributed by atoms with van der Waals surface area (Å²) in [5.41, 5.74) is 0.516. The monoisotopic (exact) mass is 254 g/mol. The SMILES string of the molecule is CCOC(=O)C1=CC2OCCOCCOC2C=C1. The van der Waals surface area contributed by atoms with E-state index in [4.69, 9.17) is 18.9 Å². The van der Waals surface area contributed by atoms with Crippen LogP contribution in [0.4, 0.5) is 0 Å². The molecule has 0 aromatic carbocycles. The Balaban J connectivity index is 2.04. The molecule has 0 aromatic heterocycles. The second-order valence-corrected chi connectivity index (χ2v) is 3.98. The van der Waals surface area contributed by atoms with Crippen LogP contribution in [0.5, 0.6) is 0 Å². The minimum Gasteiger partial charge on any atom is -0.462 e. The van der Waals surface area contributed by atoms with Crippen molar-refractivity contribution in [1.82, 2.24) is 0 Å². The molecular formula is C13H18O5. The number of hydrogen-bond acceptors (Lipinski definition) is 5. The smallest absolute Gasteiger partial charge is 0.337 e. The second-order valence-electron chi connectivity index (χ2n) is 3.98. The summed E-state index contributed by atoms with van der Waals surface area (Å²) in [6.45, 7) is 4.27. The molecule has 0 amide bonds. The standard InChI is InChI=1S/C13H18O5/c1-2-16-13(14)10-3-4-11-12(9-10)18-8-6-15-5-7-17-11/h3-4,9,11-12H,2,5-8H2,1H3. The molecule has 18 heavy (non-hydrogen) atoms. The van der Waals surface area contributed by atoms with Gasteiger partial charge < -0.3 is 18.9 Å². The molecule has 5 nitrogen and oxygen atoms in total. The zero-order valence-electron chi connectivity index (χ0n) is 10.5. The van der Waals surface area contributed by atoms with Crippen LogP contribution in [-0.2, 0) is 23.7 Å². The van der Waals surface area contributed by atoms with E-state index in [1.54, 1.807) is 19.1 Å². The maximum absolute atomic E-state index is 11.6. The summed E-state index contributed by atoms with van der Waals surface area (Å²) in [5.74, 6) is -0.327. The second kappa shape index (κ2) is 6.68. The van der Waals surface area contributed by atoms with Crippen molar-refractivity contribution in [3.05, 3.63) is 23.8 Å². The highest BCUT2D eigenvalue weighted by atomic mass is 16.6. The molecule has 100 valence electrons. The van der Waals surface area contributed by atoms with Crippen LogP contribution in [0.15, 0.2) is 23.8 Å². The fraction of sp³-hybridized carbons (Fsp3) is 0.615. The van der Waals surface area contributed by atoms with Gasteiger partial charge in [-0.3, -0.25) is 0 Å². The molecule has 2 atom stereocenters. The molecule has 0 aromatic rings. The van der Waals surface area contributed by atoms with Gasteiger partial charge in [-0.25, -0.2) is 4.79 Å². The summed E-state index contributed by atoms with van der Waals surface area (Å²) in [5, 5.41) is 0. The molecule has 1 aliphatic carbocycles. The Morgan fingerprint density at radius 1 is 1.28 bits per heavy atom. The summed E-state index contributed by atoms with van der Waals surface area (Å²) in [6, 6.07) is 0. The third-order valence-electron chi connectivity index (χ3n) is 2.72. The van der Waals surface area contributed by atoms with E-state index in [0.29, 0.717) is 38.6 Å². The summed E-state index contributed by atoms with van der Waals surface area (Å²) < 4.78 is 21.5. The minimum absolute atomic E-state index is 0.162. The lowest BCUT2D eigenvalue weighted by atomic mass is 10.0. The third kappa shape index (κ3) is 3.41. The molecule has 1 aliphatic heterocycles. The Labute approximate surface area is 106 Å². The number of ether oxygens (including phenoxy) is 4. The van der Waals surface area contributed by atoms with Gasteiger partial charge in [-0.1, -0.05) is 6.08 Å². The fourth-order valence-electron chi connectivity index (χ4n) is 1.87. The van der Waals surface area contributed by atoms with Crippen LogP contribution in [0, 0.1) is 0 Å². The van der Waals surface area contributed by atoms with E-state index in [1.165, 1.54) is 0 Å². The molecule has 1 saturated heterocycles. The van der Waals surface area contributed by atoms with Gasteiger partial charge >= 0.3 is 5.97 Å². The number of esters is 1. The molecule has 0 spiro atoms. The van der Waals surface area contributed by atoms with Crippen LogP contribution in [0.25, 0.3) is 0 Å². The van der Waals surface area contributed by atoms with E-state index in [1.807, 2.05) is 6.08 Å². The number of hydrogen-bond donors (Lipinski definition) is 0. The summed E-state index contributed by atoms with van der Waals surface area (Å²) in [6.07, 6.45) is 4.90. The van der Waals surface area contributed by atoms with E-state index in [2.05, 4.69) is 0 Å². The van der Waals surface area contributed by atoms with Gasteiger partial charge in [0.25, 0.3) is 0 Å². The molecule has 0 bridgehead atoms. The lowest BCUT2D eigenvalue weighted by molar-refractivity contribution is -0.138. The van der Waals surface area contributed by atoms with Gasteiger partial charge in [0.2, 0.25) is 0 Å². The van der Waals surface area contributed by atoms with Gasteiger partial charge in [0.15, 0.2) is 0 Å². The van der Waals surface area contributed by atoms with Gasteiger partial charge in [-0.15, -0.1) is 0 Å². The van der Waals surface area contributed by atoms with Crippen LogP contribution < -0.4 is 0 Å². The topological polar surface area (TPSA) is 54.0 Å². The van der Waals surface area contributed by atoms with E-state index in [-0.39, 0.29) is 18.2 Å². The van der Waals surface area contributed by atoms with Crippen molar-refractivity contribution in [2.24, 2.45) is 0 Å². The van der Waals surface area contributed by atoms with Crippen molar-refractivity contribution in [1.29, 1.82) is 0 Å². The number of carbonyl (C=O) groups is 1. The van der Waals surface area contributed by atoms with Crippen molar-refractivity contribution in [2.45, 2.75) is 19.1 Å².